The van der Waals surface area contributed by atoms with E-state index in [1.54, 1.807) is 7.11 Å². The van der Waals surface area contributed by atoms with Gasteiger partial charge in [-0.1, -0.05) is 20.3 Å². The molecule has 0 radical (unpaired) electrons. The SMILES string of the molecule is COc1ccc(N(C)C2(CN)CCCC2(C)C)cc1. The Labute approximate surface area is 116 Å². The van der Waals surface area contributed by atoms with Gasteiger partial charge in [0, 0.05) is 19.3 Å². The Morgan fingerprint density at radius 3 is 2.26 bits per heavy atom. The van der Waals surface area contributed by atoms with E-state index in [9.17, 15) is 0 Å². The van der Waals surface area contributed by atoms with Crippen molar-refractivity contribution in [1.82, 2.24) is 0 Å². The maximum absolute atomic E-state index is 6.17. The quantitative estimate of drug-likeness (QED) is 0.906. The van der Waals surface area contributed by atoms with E-state index in [1.807, 2.05) is 12.1 Å². The number of hydrogen-bond donors (Lipinski definition) is 1. The summed E-state index contributed by atoms with van der Waals surface area (Å²) in [6.45, 7) is 5.38. The summed E-state index contributed by atoms with van der Waals surface area (Å²) in [6.07, 6.45) is 3.66. The first kappa shape index (κ1) is 14.2. The molecule has 1 atom stereocenters. The zero-order valence-corrected chi connectivity index (χ0v) is 12.6. The van der Waals surface area contributed by atoms with Gasteiger partial charge < -0.3 is 15.4 Å². The number of anilines is 1. The highest BCUT2D eigenvalue weighted by molar-refractivity contribution is 5.52. The van der Waals surface area contributed by atoms with Crippen molar-refractivity contribution >= 4 is 5.69 Å². The van der Waals surface area contributed by atoms with Crippen molar-refractivity contribution in [3.8, 4) is 5.75 Å². The molecule has 1 aliphatic rings. The third kappa shape index (κ3) is 2.20. The highest BCUT2D eigenvalue weighted by Crippen LogP contribution is 2.49. The minimum absolute atomic E-state index is 0.0571. The molecule has 0 saturated heterocycles. The van der Waals surface area contributed by atoms with E-state index in [1.165, 1.54) is 24.9 Å². The summed E-state index contributed by atoms with van der Waals surface area (Å²) in [6, 6.07) is 8.26. The van der Waals surface area contributed by atoms with E-state index in [2.05, 4.69) is 37.9 Å². The van der Waals surface area contributed by atoms with Gasteiger partial charge in [0.05, 0.1) is 12.6 Å². The Morgan fingerprint density at radius 2 is 1.84 bits per heavy atom. The molecule has 2 rings (SSSR count). The second kappa shape index (κ2) is 5.04. The minimum atomic E-state index is 0.0571. The Morgan fingerprint density at radius 1 is 1.21 bits per heavy atom. The zero-order valence-electron chi connectivity index (χ0n) is 12.6. The van der Waals surface area contributed by atoms with Crippen LogP contribution in [0.1, 0.15) is 33.1 Å². The Balaban J connectivity index is 2.32. The molecule has 0 spiro atoms. The van der Waals surface area contributed by atoms with Crippen LogP contribution in [-0.4, -0.2) is 26.2 Å². The van der Waals surface area contributed by atoms with Crippen LogP contribution in [0, 0.1) is 5.41 Å². The third-order valence-electron chi connectivity index (χ3n) is 5.09. The molecule has 106 valence electrons. The topological polar surface area (TPSA) is 38.5 Å². The number of rotatable bonds is 4. The largest absolute Gasteiger partial charge is 0.497 e. The summed E-state index contributed by atoms with van der Waals surface area (Å²) >= 11 is 0. The second-order valence-corrected chi connectivity index (χ2v) is 6.23. The van der Waals surface area contributed by atoms with Crippen LogP contribution >= 0.6 is 0 Å². The Hall–Kier alpha value is -1.22. The summed E-state index contributed by atoms with van der Waals surface area (Å²) in [5.74, 6) is 0.893. The summed E-state index contributed by atoms with van der Waals surface area (Å²) in [7, 11) is 3.86. The molecule has 1 aromatic rings. The molecular weight excluding hydrogens is 236 g/mol. The van der Waals surface area contributed by atoms with Crippen LogP contribution in [0.2, 0.25) is 0 Å². The van der Waals surface area contributed by atoms with Crippen molar-refractivity contribution in [2.75, 3.05) is 25.6 Å². The van der Waals surface area contributed by atoms with Crippen LogP contribution in [0.4, 0.5) is 5.69 Å². The molecule has 1 fully saturated rings. The molecule has 0 bridgehead atoms. The van der Waals surface area contributed by atoms with E-state index < -0.39 is 0 Å². The molecule has 0 aromatic heterocycles. The van der Waals surface area contributed by atoms with Crippen molar-refractivity contribution in [1.29, 1.82) is 0 Å². The number of nitrogens with two attached hydrogens (primary N) is 1. The molecular formula is C16H26N2O. The molecule has 2 N–H and O–H groups in total. The monoisotopic (exact) mass is 262 g/mol. The molecule has 0 amide bonds. The van der Waals surface area contributed by atoms with E-state index in [4.69, 9.17) is 10.5 Å². The molecule has 19 heavy (non-hydrogen) atoms. The third-order valence-corrected chi connectivity index (χ3v) is 5.09. The van der Waals surface area contributed by atoms with Crippen LogP contribution < -0.4 is 15.4 Å². The smallest absolute Gasteiger partial charge is 0.119 e. The maximum Gasteiger partial charge on any atom is 0.119 e. The number of hydrogen-bond acceptors (Lipinski definition) is 3. The summed E-state index contributed by atoms with van der Waals surface area (Å²) in [5, 5.41) is 0. The lowest BCUT2D eigenvalue weighted by atomic mass is 9.73. The van der Waals surface area contributed by atoms with E-state index in [-0.39, 0.29) is 11.0 Å². The van der Waals surface area contributed by atoms with E-state index in [0.717, 1.165) is 5.75 Å². The van der Waals surface area contributed by atoms with Crippen LogP contribution in [0.25, 0.3) is 0 Å². The molecule has 1 saturated carbocycles. The molecule has 1 aliphatic carbocycles. The summed E-state index contributed by atoms with van der Waals surface area (Å²) < 4.78 is 5.22. The van der Waals surface area contributed by atoms with Crippen LogP contribution in [0.3, 0.4) is 0 Å². The van der Waals surface area contributed by atoms with E-state index in [0.29, 0.717) is 6.54 Å². The molecule has 0 aliphatic heterocycles. The van der Waals surface area contributed by atoms with Gasteiger partial charge in [-0.25, -0.2) is 0 Å². The fourth-order valence-electron chi connectivity index (χ4n) is 3.58. The molecule has 1 aromatic carbocycles. The van der Waals surface area contributed by atoms with Gasteiger partial charge in [0.1, 0.15) is 5.75 Å². The molecule has 3 nitrogen and oxygen atoms in total. The van der Waals surface area contributed by atoms with Gasteiger partial charge in [0.2, 0.25) is 0 Å². The Bertz CT molecular complexity index is 427. The first-order valence-electron chi connectivity index (χ1n) is 7.05. The predicted molar refractivity (Wildman–Crippen MR) is 80.8 cm³/mol. The molecule has 3 heteroatoms. The van der Waals surface area contributed by atoms with Crippen LogP contribution in [0.5, 0.6) is 5.75 Å². The highest BCUT2D eigenvalue weighted by atomic mass is 16.5. The predicted octanol–water partition coefficient (Wildman–Crippen LogP) is 3.04. The standard InChI is InChI=1S/C16H26N2O/c1-15(2)10-5-11-16(15,12-17)18(3)13-6-8-14(19-4)9-7-13/h6-9H,5,10-12,17H2,1-4H3. The first-order valence-corrected chi connectivity index (χ1v) is 7.05. The van der Waals surface area contributed by atoms with Crippen molar-refractivity contribution in [3.05, 3.63) is 24.3 Å². The fourth-order valence-corrected chi connectivity index (χ4v) is 3.58. The maximum atomic E-state index is 6.17. The van der Waals surface area contributed by atoms with Crippen molar-refractivity contribution in [2.45, 2.75) is 38.6 Å². The van der Waals surface area contributed by atoms with Gasteiger partial charge in [-0.15, -0.1) is 0 Å². The number of ether oxygens (including phenoxy) is 1. The summed E-state index contributed by atoms with van der Waals surface area (Å²) in [4.78, 5) is 2.37. The number of methoxy groups -OCH3 is 1. The van der Waals surface area contributed by atoms with Crippen molar-refractivity contribution < 1.29 is 4.74 Å². The normalized spacial score (nSPS) is 25.3. The van der Waals surface area contributed by atoms with Crippen molar-refractivity contribution in [2.24, 2.45) is 11.1 Å². The lowest BCUT2D eigenvalue weighted by Crippen LogP contribution is -2.58. The lowest BCUT2D eigenvalue weighted by molar-refractivity contribution is 0.207. The van der Waals surface area contributed by atoms with Gasteiger partial charge in [0.15, 0.2) is 0 Å². The highest BCUT2D eigenvalue weighted by Gasteiger charge is 2.50. The molecule has 1 unspecified atom stereocenters. The average molecular weight is 262 g/mol. The second-order valence-electron chi connectivity index (χ2n) is 6.23. The number of nitrogens with zero attached hydrogens (tertiary/aromatic N) is 1. The van der Waals surface area contributed by atoms with Crippen molar-refractivity contribution in [3.63, 3.8) is 0 Å². The number of likely N-dealkylation sites (N-methyl/N-ethyl adjacent to an activating group) is 1. The summed E-state index contributed by atoms with van der Waals surface area (Å²) in [5.41, 5.74) is 7.69. The zero-order chi connectivity index (χ0) is 14.1. The van der Waals surface area contributed by atoms with Crippen LogP contribution in [-0.2, 0) is 0 Å². The van der Waals surface area contributed by atoms with E-state index >= 15 is 0 Å². The van der Waals surface area contributed by atoms with Crippen LogP contribution in [0.15, 0.2) is 24.3 Å². The van der Waals surface area contributed by atoms with Gasteiger partial charge in [0.25, 0.3) is 0 Å². The van der Waals surface area contributed by atoms with Gasteiger partial charge in [-0.05, 0) is 42.5 Å². The number of benzene rings is 1. The molecule has 0 heterocycles. The minimum Gasteiger partial charge on any atom is -0.497 e. The first-order chi connectivity index (χ1) is 8.97. The van der Waals surface area contributed by atoms with Gasteiger partial charge >= 0.3 is 0 Å². The van der Waals surface area contributed by atoms with Gasteiger partial charge in [-0.3, -0.25) is 0 Å². The van der Waals surface area contributed by atoms with Gasteiger partial charge in [-0.2, -0.15) is 0 Å². The average Bonchev–Trinajstić information content (AvgIpc) is 2.73. The Kier molecular flexibility index (Phi) is 3.77. The fraction of sp³-hybridized carbons (Fsp3) is 0.625. The lowest BCUT2D eigenvalue weighted by Gasteiger charge is -2.49.